The molecule has 0 bridgehead atoms. The average molecular weight is 299 g/mol. The minimum absolute atomic E-state index is 0.0387. The number of hydrogen-bond acceptors (Lipinski definition) is 3. The maximum absolute atomic E-state index is 13.3. The van der Waals surface area contributed by atoms with E-state index in [1.807, 2.05) is 4.90 Å². The summed E-state index contributed by atoms with van der Waals surface area (Å²) in [5.41, 5.74) is 0.615. The summed E-state index contributed by atoms with van der Waals surface area (Å²) in [7, 11) is 0. The van der Waals surface area contributed by atoms with E-state index in [0.29, 0.717) is 48.1 Å². The Morgan fingerprint density at radius 2 is 1.95 bits per heavy atom. The molecule has 1 aliphatic heterocycles. The Morgan fingerprint density at radius 3 is 2.60 bits per heavy atom. The second-order valence-electron chi connectivity index (χ2n) is 5.76. The zero-order valence-electron chi connectivity index (χ0n) is 10.7. The number of nitrogens with zero attached hydrogens (tertiary/aromatic N) is 2. The Hall–Kier alpha value is -1.36. The fourth-order valence-electron chi connectivity index (χ4n) is 3.07. The summed E-state index contributed by atoms with van der Waals surface area (Å²) in [5, 5.41) is 0.604. The topological polar surface area (TPSA) is 29.3 Å². The number of halogens is 3. The first kappa shape index (κ1) is 12.4. The first-order valence-electron chi connectivity index (χ1n) is 6.68. The summed E-state index contributed by atoms with van der Waals surface area (Å²) >= 11 is 5.91. The highest BCUT2D eigenvalue weighted by Crippen LogP contribution is 2.65. The molecule has 0 atom stereocenters. The fourth-order valence-corrected chi connectivity index (χ4v) is 3.24. The lowest BCUT2D eigenvalue weighted by Gasteiger charge is -2.30. The Labute approximate surface area is 119 Å². The lowest BCUT2D eigenvalue weighted by atomic mass is 9.93. The highest BCUT2D eigenvalue weighted by atomic mass is 35.5. The van der Waals surface area contributed by atoms with Gasteiger partial charge in [-0.2, -0.15) is 4.98 Å². The number of oxazole rings is 1. The summed E-state index contributed by atoms with van der Waals surface area (Å²) in [6.45, 7) is 1.13. The van der Waals surface area contributed by atoms with Gasteiger partial charge in [0.05, 0.1) is 0 Å². The maximum Gasteiger partial charge on any atom is 0.298 e. The van der Waals surface area contributed by atoms with Gasteiger partial charge in [-0.3, -0.25) is 0 Å². The molecule has 1 aromatic carbocycles. The van der Waals surface area contributed by atoms with E-state index >= 15 is 0 Å². The van der Waals surface area contributed by atoms with Crippen molar-refractivity contribution in [2.24, 2.45) is 5.41 Å². The highest BCUT2D eigenvalue weighted by Gasteiger charge is 2.70. The first-order valence-corrected chi connectivity index (χ1v) is 7.06. The minimum atomic E-state index is -2.46. The molecule has 3 nitrogen and oxygen atoms in total. The molecule has 2 aliphatic rings. The van der Waals surface area contributed by atoms with Gasteiger partial charge in [0, 0.05) is 29.9 Å². The summed E-state index contributed by atoms with van der Waals surface area (Å²) in [6, 6.07) is 5.76. The van der Waals surface area contributed by atoms with Gasteiger partial charge in [0.15, 0.2) is 5.58 Å². The maximum atomic E-state index is 13.3. The van der Waals surface area contributed by atoms with Gasteiger partial charge in [0.2, 0.25) is 0 Å². The van der Waals surface area contributed by atoms with Crippen molar-refractivity contribution in [3.8, 4) is 0 Å². The van der Waals surface area contributed by atoms with Gasteiger partial charge in [0.1, 0.15) is 5.52 Å². The molecule has 1 aliphatic carbocycles. The van der Waals surface area contributed by atoms with Gasteiger partial charge < -0.3 is 9.32 Å². The predicted octanol–water partition coefficient (Wildman–Crippen LogP) is 4.11. The van der Waals surface area contributed by atoms with Crippen molar-refractivity contribution < 1.29 is 13.2 Å². The minimum Gasteiger partial charge on any atom is -0.423 e. The summed E-state index contributed by atoms with van der Waals surface area (Å²) < 4.78 is 32.4. The molecule has 2 aromatic rings. The number of hydrogen-bond donors (Lipinski definition) is 0. The van der Waals surface area contributed by atoms with Crippen LogP contribution in [-0.2, 0) is 0 Å². The van der Waals surface area contributed by atoms with Crippen molar-refractivity contribution in [3.05, 3.63) is 23.2 Å². The Bertz CT molecular complexity index is 677. The number of alkyl halides is 2. The molecule has 1 spiro atoms. The van der Waals surface area contributed by atoms with E-state index in [1.165, 1.54) is 0 Å². The van der Waals surface area contributed by atoms with Crippen molar-refractivity contribution in [3.63, 3.8) is 0 Å². The predicted molar refractivity (Wildman–Crippen MR) is 72.5 cm³/mol. The van der Waals surface area contributed by atoms with Gasteiger partial charge in [-0.05, 0) is 31.0 Å². The van der Waals surface area contributed by atoms with Crippen molar-refractivity contribution in [1.82, 2.24) is 4.98 Å². The Morgan fingerprint density at radius 1 is 1.25 bits per heavy atom. The van der Waals surface area contributed by atoms with Crippen molar-refractivity contribution in [2.75, 3.05) is 18.0 Å². The van der Waals surface area contributed by atoms with Crippen LogP contribution in [-0.4, -0.2) is 24.0 Å². The van der Waals surface area contributed by atoms with Gasteiger partial charge in [-0.1, -0.05) is 11.6 Å². The number of rotatable bonds is 1. The largest absolute Gasteiger partial charge is 0.423 e. The molecule has 0 N–H and O–H groups in total. The molecule has 106 valence electrons. The van der Waals surface area contributed by atoms with Gasteiger partial charge >= 0.3 is 0 Å². The lowest BCUT2D eigenvalue weighted by molar-refractivity contribution is 0.0533. The van der Waals surface area contributed by atoms with Crippen LogP contribution in [0.25, 0.3) is 11.1 Å². The quantitative estimate of drug-likeness (QED) is 0.793. The van der Waals surface area contributed by atoms with Crippen LogP contribution >= 0.6 is 11.6 Å². The van der Waals surface area contributed by atoms with Crippen LogP contribution in [0.4, 0.5) is 14.8 Å². The zero-order valence-corrected chi connectivity index (χ0v) is 11.5. The molecule has 0 amide bonds. The van der Waals surface area contributed by atoms with E-state index in [0.717, 1.165) is 0 Å². The van der Waals surface area contributed by atoms with Crippen molar-refractivity contribution in [1.29, 1.82) is 0 Å². The Kier molecular flexibility index (Phi) is 2.38. The van der Waals surface area contributed by atoms with E-state index < -0.39 is 11.3 Å². The van der Waals surface area contributed by atoms with E-state index in [2.05, 4.69) is 4.98 Å². The molecule has 4 rings (SSSR count). The van der Waals surface area contributed by atoms with Crippen LogP contribution in [0.2, 0.25) is 5.02 Å². The van der Waals surface area contributed by atoms with Crippen LogP contribution in [0.3, 0.4) is 0 Å². The molecule has 1 saturated carbocycles. The second kappa shape index (κ2) is 3.85. The van der Waals surface area contributed by atoms with Crippen molar-refractivity contribution >= 4 is 28.7 Å². The molecule has 20 heavy (non-hydrogen) atoms. The monoisotopic (exact) mass is 298 g/mol. The number of benzene rings is 1. The zero-order chi connectivity index (χ0) is 14.0. The molecular formula is C14H13ClF2N2O. The highest BCUT2D eigenvalue weighted by molar-refractivity contribution is 6.31. The number of piperidine rings is 1. The molecule has 6 heteroatoms. The molecule has 2 heterocycles. The Balaban J connectivity index is 1.56. The average Bonchev–Trinajstić information content (AvgIpc) is 2.77. The van der Waals surface area contributed by atoms with Crippen LogP contribution in [0.5, 0.6) is 0 Å². The lowest BCUT2D eigenvalue weighted by Crippen LogP contribution is -2.36. The second-order valence-corrected chi connectivity index (χ2v) is 6.19. The van der Waals surface area contributed by atoms with Crippen LogP contribution in [0.15, 0.2) is 22.6 Å². The van der Waals surface area contributed by atoms with Crippen molar-refractivity contribution in [2.45, 2.75) is 25.2 Å². The third-order valence-electron chi connectivity index (χ3n) is 4.54. The number of anilines is 1. The summed E-state index contributed by atoms with van der Waals surface area (Å²) in [4.78, 5) is 6.33. The van der Waals surface area contributed by atoms with Gasteiger partial charge in [0.25, 0.3) is 11.9 Å². The summed E-state index contributed by atoms with van der Waals surface area (Å²) in [6.07, 6.45) is 1.04. The van der Waals surface area contributed by atoms with Crippen LogP contribution in [0, 0.1) is 5.41 Å². The van der Waals surface area contributed by atoms with Crippen LogP contribution in [0.1, 0.15) is 19.3 Å². The first-order chi connectivity index (χ1) is 9.49. The normalized spacial score (nSPS) is 23.4. The molecular weight excluding hydrogens is 286 g/mol. The van der Waals surface area contributed by atoms with Gasteiger partial charge in [-0.25, -0.2) is 8.78 Å². The standard InChI is InChI=1S/C14H13ClF2N2O/c15-9-1-2-11-10(7-9)18-12(20-11)19-5-3-13(4-6-19)8-14(13,16)17/h1-2,7H,3-6,8H2. The molecule has 0 radical (unpaired) electrons. The fraction of sp³-hybridized carbons (Fsp3) is 0.500. The third-order valence-corrected chi connectivity index (χ3v) is 4.78. The third kappa shape index (κ3) is 1.72. The molecule has 0 unspecified atom stereocenters. The summed E-state index contributed by atoms with van der Waals surface area (Å²) in [5.74, 6) is -2.46. The van der Waals surface area contributed by atoms with Crippen LogP contribution < -0.4 is 4.90 Å². The SMILES string of the molecule is FC1(F)CC12CCN(c1nc3cc(Cl)ccc3o1)CC2. The van der Waals surface area contributed by atoms with Gasteiger partial charge in [-0.15, -0.1) is 0 Å². The molecule has 1 aromatic heterocycles. The smallest absolute Gasteiger partial charge is 0.298 e. The molecule has 2 fully saturated rings. The van der Waals surface area contributed by atoms with E-state index in [4.69, 9.17) is 16.0 Å². The molecule has 1 saturated heterocycles. The van der Waals surface area contributed by atoms with E-state index in [9.17, 15) is 8.78 Å². The number of fused-ring (bicyclic) bond motifs is 1. The number of aromatic nitrogens is 1. The van der Waals surface area contributed by atoms with E-state index in [-0.39, 0.29) is 6.42 Å². The van der Waals surface area contributed by atoms with E-state index in [1.54, 1.807) is 18.2 Å².